The van der Waals surface area contributed by atoms with E-state index in [1.165, 1.54) is 12.8 Å². The quantitative estimate of drug-likeness (QED) is 0.420. The molecule has 0 amide bonds. The van der Waals surface area contributed by atoms with Crippen LogP contribution in [-0.4, -0.2) is 85.9 Å². The largest absolute Gasteiger partial charge is 0.491 e. The molecule has 1 atom stereocenters. The monoisotopic (exact) mass is 511 g/mol. The molecule has 3 heterocycles. The zero-order valence-electron chi connectivity index (χ0n) is 22.1. The Balaban J connectivity index is 1.48. The SMILES string of the molecule is CNCC(O)COc1cccc(-c2nc(NC3CCOCC3)c(C)c(N(C3CCOCC3)C3CC3)n2)c1. The molecule has 9 heteroatoms. The van der Waals surface area contributed by atoms with Crippen LogP contribution >= 0.6 is 0 Å². The summed E-state index contributed by atoms with van der Waals surface area (Å²) in [5, 5.41) is 16.8. The van der Waals surface area contributed by atoms with Crippen LogP contribution in [0.1, 0.15) is 44.1 Å². The third kappa shape index (κ3) is 6.71. The molecule has 1 aliphatic carbocycles. The average Bonchev–Trinajstić information content (AvgIpc) is 3.76. The average molecular weight is 512 g/mol. The lowest BCUT2D eigenvalue weighted by Crippen LogP contribution is -2.42. The van der Waals surface area contributed by atoms with Gasteiger partial charge in [-0.1, -0.05) is 12.1 Å². The molecule has 37 heavy (non-hydrogen) atoms. The molecule has 1 aromatic heterocycles. The van der Waals surface area contributed by atoms with Crippen LogP contribution in [0.5, 0.6) is 5.75 Å². The number of nitrogens with one attached hydrogen (secondary N) is 2. The Morgan fingerprint density at radius 2 is 1.73 bits per heavy atom. The molecule has 3 fully saturated rings. The zero-order valence-corrected chi connectivity index (χ0v) is 22.1. The molecule has 5 rings (SSSR count). The fourth-order valence-corrected chi connectivity index (χ4v) is 5.23. The van der Waals surface area contributed by atoms with Crippen molar-refractivity contribution in [2.75, 3.05) is 56.8 Å². The predicted molar refractivity (Wildman–Crippen MR) is 144 cm³/mol. The molecule has 9 nitrogen and oxygen atoms in total. The number of rotatable bonds is 11. The van der Waals surface area contributed by atoms with Gasteiger partial charge in [0.2, 0.25) is 0 Å². The highest BCUT2D eigenvalue weighted by atomic mass is 16.5. The fourth-order valence-electron chi connectivity index (χ4n) is 5.23. The summed E-state index contributed by atoms with van der Waals surface area (Å²) in [6.45, 7) is 6.01. The van der Waals surface area contributed by atoms with Crippen LogP contribution in [0.2, 0.25) is 0 Å². The van der Waals surface area contributed by atoms with Crippen molar-refractivity contribution in [2.45, 2.75) is 69.7 Å². The summed E-state index contributed by atoms with van der Waals surface area (Å²) in [7, 11) is 1.81. The summed E-state index contributed by atoms with van der Waals surface area (Å²) in [6, 6.07) is 9.16. The minimum atomic E-state index is -0.572. The number of nitrogens with zero attached hydrogens (tertiary/aromatic N) is 3. The Hall–Kier alpha value is -2.46. The van der Waals surface area contributed by atoms with Crippen molar-refractivity contribution in [1.82, 2.24) is 15.3 Å². The first kappa shape index (κ1) is 26.2. The molecule has 0 spiro atoms. The van der Waals surface area contributed by atoms with Crippen LogP contribution in [0.3, 0.4) is 0 Å². The highest BCUT2D eigenvalue weighted by molar-refractivity contribution is 5.68. The van der Waals surface area contributed by atoms with Gasteiger partial charge in [0.05, 0.1) is 0 Å². The number of likely N-dealkylation sites (N-methyl/N-ethyl adjacent to an activating group) is 1. The molecule has 1 unspecified atom stereocenters. The molecule has 2 aliphatic heterocycles. The van der Waals surface area contributed by atoms with Gasteiger partial charge in [0, 0.05) is 62.2 Å². The lowest BCUT2D eigenvalue weighted by Gasteiger charge is -2.37. The molecule has 202 valence electrons. The maximum Gasteiger partial charge on any atom is 0.164 e. The second-order valence-corrected chi connectivity index (χ2v) is 10.4. The Labute approximate surface area is 219 Å². The summed E-state index contributed by atoms with van der Waals surface area (Å²) in [6.07, 6.45) is 5.83. The van der Waals surface area contributed by atoms with E-state index >= 15 is 0 Å². The van der Waals surface area contributed by atoms with Crippen molar-refractivity contribution in [2.24, 2.45) is 0 Å². The molecule has 1 aromatic carbocycles. The van der Waals surface area contributed by atoms with E-state index in [1.54, 1.807) is 0 Å². The summed E-state index contributed by atoms with van der Waals surface area (Å²) < 4.78 is 17.1. The van der Waals surface area contributed by atoms with Crippen molar-refractivity contribution >= 4 is 11.6 Å². The van der Waals surface area contributed by atoms with Crippen LogP contribution in [0.15, 0.2) is 24.3 Å². The van der Waals surface area contributed by atoms with Gasteiger partial charge in [-0.2, -0.15) is 0 Å². The van der Waals surface area contributed by atoms with Gasteiger partial charge in [-0.05, 0) is 64.6 Å². The van der Waals surface area contributed by atoms with Gasteiger partial charge in [0.25, 0.3) is 0 Å². The molecule has 0 radical (unpaired) electrons. The number of hydrogen-bond acceptors (Lipinski definition) is 9. The van der Waals surface area contributed by atoms with Crippen LogP contribution in [0.4, 0.5) is 11.6 Å². The highest BCUT2D eigenvalue weighted by Gasteiger charge is 2.37. The van der Waals surface area contributed by atoms with Gasteiger partial charge in [-0.3, -0.25) is 0 Å². The van der Waals surface area contributed by atoms with Gasteiger partial charge < -0.3 is 34.9 Å². The number of hydrogen-bond donors (Lipinski definition) is 3. The van der Waals surface area contributed by atoms with E-state index in [1.807, 2.05) is 31.3 Å². The molecule has 2 saturated heterocycles. The second-order valence-electron chi connectivity index (χ2n) is 10.4. The van der Waals surface area contributed by atoms with Gasteiger partial charge in [0.15, 0.2) is 5.82 Å². The zero-order chi connectivity index (χ0) is 25.6. The van der Waals surface area contributed by atoms with Crippen molar-refractivity contribution < 1.29 is 19.3 Å². The van der Waals surface area contributed by atoms with Crippen molar-refractivity contribution in [1.29, 1.82) is 0 Å². The third-order valence-corrected chi connectivity index (χ3v) is 7.43. The highest BCUT2D eigenvalue weighted by Crippen LogP contribution is 2.39. The van der Waals surface area contributed by atoms with Crippen LogP contribution < -0.4 is 20.3 Å². The second kappa shape index (κ2) is 12.4. The van der Waals surface area contributed by atoms with E-state index in [-0.39, 0.29) is 6.61 Å². The first-order chi connectivity index (χ1) is 18.1. The topological polar surface area (TPSA) is 101 Å². The van der Waals surface area contributed by atoms with Gasteiger partial charge in [-0.15, -0.1) is 0 Å². The number of ether oxygens (including phenoxy) is 3. The Morgan fingerprint density at radius 1 is 1.03 bits per heavy atom. The molecular formula is C28H41N5O4. The Morgan fingerprint density at radius 3 is 2.43 bits per heavy atom. The standard InChI is InChI=1S/C28H41N5O4/c1-19-26(30-21-8-12-35-13-9-21)31-27(20-4-3-5-25(16-20)37-18-24(34)17-29-2)32-28(19)33(22-6-7-22)23-10-14-36-15-11-23/h3-5,16,21-24,29,34H,6-15,17-18H2,1-2H3,(H,30,31,32). The molecule has 3 N–H and O–H groups in total. The number of benzene rings is 1. The number of aliphatic hydroxyl groups is 1. The van der Waals surface area contributed by atoms with E-state index in [2.05, 4.69) is 22.5 Å². The first-order valence-electron chi connectivity index (χ1n) is 13.8. The smallest absolute Gasteiger partial charge is 0.164 e. The minimum Gasteiger partial charge on any atom is -0.491 e. The van der Waals surface area contributed by atoms with E-state index < -0.39 is 6.10 Å². The normalized spacial score (nSPS) is 20.0. The number of aliphatic hydroxyl groups excluding tert-OH is 1. The van der Waals surface area contributed by atoms with Crippen LogP contribution in [-0.2, 0) is 9.47 Å². The fraction of sp³-hybridized carbons (Fsp3) is 0.643. The Bertz CT molecular complexity index is 1020. The number of anilines is 2. The van der Waals surface area contributed by atoms with E-state index in [0.29, 0.717) is 36.2 Å². The maximum absolute atomic E-state index is 10.1. The third-order valence-electron chi connectivity index (χ3n) is 7.43. The van der Waals surface area contributed by atoms with Gasteiger partial charge >= 0.3 is 0 Å². The van der Waals surface area contributed by atoms with E-state index in [4.69, 9.17) is 24.2 Å². The van der Waals surface area contributed by atoms with Crippen molar-refractivity contribution in [3.05, 3.63) is 29.8 Å². The lowest BCUT2D eigenvalue weighted by atomic mass is 10.1. The Kier molecular flexibility index (Phi) is 8.76. The molecule has 3 aliphatic rings. The maximum atomic E-state index is 10.1. The molecule has 1 saturated carbocycles. The summed E-state index contributed by atoms with van der Waals surface area (Å²) in [5.41, 5.74) is 2.01. The van der Waals surface area contributed by atoms with Crippen LogP contribution in [0, 0.1) is 6.92 Å². The molecular weight excluding hydrogens is 470 g/mol. The lowest BCUT2D eigenvalue weighted by molar-refractivity contribution is 0.0839. The summed E-state index contributed by atoms with van der Waals surface area (Å²) in [4.78, 5) is 12.8. The van der Waals surface area contributed by atoms with Crippen molar-refractivity contribution in [3.63, 3.8) is 0 Å². The van der Waals surface area contributed by atoms with Gasteiger partial charge in [-0.25, -0.2) is 9.97 Å². The molecule has 0 bridgehead atoms. The number of aromatic nitrogens is 2. The minimum absolute atomic E-state index is 0.222. The predicted octanol–water partition coefficient (Wildman–Crippen LogP) is 3.15. The van der Waals surface area contributed by atoms with E-state index in [0.717, 1.165) is 74.9 Å². The summed E-state index contributed by atoms with van der Waals surface area (Å²) in [5.74, 6) is 3.32. The van der Waals surface area contributed by atoms with Gasteiger partial charge in [0.1, 0.15) is 30.1 Å². The summed E-state index contributed by atoms with van der Waals surface area (Å²) >= 11 is 0. The first-order valence-corrected chi connectivity index (χ1v) is 13.8. The van der Waals surface area contributed by atoms with E-state index in [9.17, 15) is 5.11 Å². The van der Waals surface area contributed by atoms with Crippen LogP contribution in [0.25, 0.3) is 11.4 Å². The molecule has 2 aromatic rings. The van der Waals surface area contributed by atoms with Crippen molar-refractivity contribution in [3.8, 4) is 17.1 Å².